The second-order valence-corrected chi connectivity index (χ2v) is 8.93. The summed E-state index contributed by atoms with van der Waals surface area (Å²) in [7, 11) is 4.86. The second kappa shape index (κ2) is 10.6. The molecule has 6 nitrogen and oxygen atoms in total. The Balaban J connectivity index is 1.55. The minimum Gasteiger partial charge on any atom is -0.497 e. The molecule has 1 heterocycles. The monoisotopic (exact) mass is 476 g/mol. The van der Waals surface area contributed by atoms with E-state index in [1.54, 1.807) is 33.1 Å². The number of benzene rings is 3. The van der Waals surface area contributed by atoms with Gasteiger partial charge >= 0.3 is 0 Å². The molecule has 0 aliphatic rings. The lowest BCUT2D eigenvalue weighted by Crippen LogP contribution is -2.26. The van der Waals surface area contributed by atoms with Crippen LogP contribution in [0.15, 0.2) is 70.5 Å². The number of carbonyl (C=O) groups excluding carboxylic acids is 1. The maximum Gasteiger partial charge on any atom is 0.268 e. The highest BCUT2D eigenvalue weighted by Crippen LogP contribution is 2.38. The van der Waals surface area contributed by atoms with Gasteiger partial charge in [-0.3, -0.25) is 4.79 Å². The fourth-order valence-corrected chi connectivity index (χ4v) is 4.75. The number of ether oxygens (including phenoxy) is 3. The van der Waals surface area contributed by atoms with Crippen molar-refractivity contribution in [2.45, 2.75) is 23.1 Å². The van der Waals surface area contributed by atoms with Gasteiger partial charge in [-0.1, -0.05) is 35.5 Å². The zero-order valence-electron chi connectivity index (χ0n) is 19.7. The number of aromatic amines is 1. The Labute approximate surface area is 203 Å². The lowest BCUT2D eigenvalue weighted by Gasteiger charge is -2.10. The van der Waals surface area contributed by atoms with Gasteiger partial charge in [0.25, 0.3) is 5.91 Å². The van der Waals surface area contributed by atoms with Gasteiger partial charge in [0, 0.05) is 22.9 Å². The number of nitrogens with one attached hydrogen (secondary N) is 2. The first-order valence-electron chi connectivity index (χ1n) is 11.0. The molecule has 0 fully saturated rings. The molecule has 176 valence electrons. The van der Waals surface area contributed by atoms with E-state index in [1.165, 1.54) is 5.56 Å². The van der Waals surface area contributed by atoms with Gasteiger partial charge in [-0.15, -0.1) is 0 Å². The summed E-state index contributed by atoms with van der Waals surface area (Å²) < 4.78 is 16.0. The molecule has 0 radical (unpaired) electrons. The highest BCUT2D eigenvalue weighted by molar-refractivity contribution is 7.99. The summed E-state index contributed by atoms with van der Waals surface area (Å²) in [5.41, 5.74) is 3.65. The molecule has 34 heavy (non-hydrogen) atoms. The van der Waals surface area contributed by atoms with E-state index in [9.17, 15) is 4.79 Å². The van der Waals surface area contributed by atoms with Crippen molar-refractivity contribution in [2.24, 2.45) is 0 Å². The zero-order valence-corrected chi connectivity index (χ0v) is 20.5. The number of aryl methyl sites for hydroxylation is 1. The molecule has 0 saturated heterocycles. The molecule has 0 spiro atoms. The predicted molar refractivity (Wildman–Crippen MR) is 136 cm³/mol. The lowest BCUT2D eigenvalue weighted by molar-refractivity contribution is 0.0947. The van der Waals surface area contributed by atoms with Crippen LogP contribution in [0.1, 0.15) is 21.6 Å². The van der Waals surface area contributed by atoms with Crippen LogP contribution in [0.4, 0.5) is 0 Å². The summed E-state index contributed by atoms with van der Waals surface area (Å²) in [4.78, 5) is 18.5. The molecule has 0 aliphatic heterocycles. The highest BCUT2D eigenvalue weighted by atomic mass is 32.2. The smallest absolute Gasteiger partial charge is 0.268 e. The van der Waals surface area contributed by atoms with E-state index in [0.717, 1.165) is 32.0 Å². The molecule has 0 atom stereocenters. The van der Waals surface area contributed by atoms with Crippen LogP contribution in [0.3, 0.4) is 0 Å². The van der Waals surface area contributed by atoms with Crippen LogP contribution in [0.5, 0.6) is 17.2 Å². The molecular weight excluding hydrogens is 448 g/mol. The zero-order chi connectivity index (χ0) is 24.1. The van der Waals surface area contributed by atoms with Crippen molar-refractivity contribution in [2.75, 3.05) is 27.9 Å². The summed E-state index contributed by atoms with van der Waals surface area (Å²) in [5.74, 6) is 1.94. The summed E-state index contributed by atoms with van der Waals surface area (Å²) in [6.45, 7) is 2.55. The van der Waals surface area contributed by atoms with Gasteiger partial charge in [-0.05, 0) is 55.3 Å². The van der Waals surface area contributed by atoms with Crippen molar-refractivity contribution in [1.29, 1.82) is 0 Å². The first-order chi connectivity index (χ1) is 16.5. The normalized spacial score (nSPS) is 10.8. The van der Waals surface area contributed by atoms with Crippen LogP contribution in [-0.4, -0.2) is 38.8 Å². The van der Waals surface area contributed by atoms with Gasteiger partial charge < -0.3 is 24.5 Å². The van der Waals surface area contributed by atoms with E-state index in [2.05, 4.69) is 41.5 Å². The summed E-state index contributed by atoms with van der Waals surface area (Å²) in [6, 6.07) is 19.9. The summed E-state index contributed by atoms with van der Waals surface area (Å²) in [6.07, 6.45) is 0.667. The Morgan fingerprint density at radius 1 is 0.912 bits per heavy atom. The van der Waals surface area contributed by atoms with Crippen LogP contribution in [0.2, 0.25) is 0 Å². The molecule has 4 rings (SSSR count). The van der Waals surface area contributed by atoms with E-state index in [4.69, 9.17) is 14.2 Å². The first-order valence-corrected chi connectivity index (χ1v) is 11.8. The molecule has 0 aliphatic carbocycles. The quantitative estimate of drug-likeness (QED) is 0.328. The first kappa shape index (κ1) is 23.6. The molecule has 0 unspecified atom stereocenters. The van der Waals surface area contributed by atoms with Crippen LogP contribution in [-0.2, 0) is 6.42 Å². The Morgan fingerprint density at radius 2 is 1.68 bits per heavy atom. The predicted octanol–water partition coefficient (Wildman–Crippen LogP) is 5.63. The third-order valence-corrected chi connectivity index (χ3v) is 6.71. The molecule has 3 aromatic carbocycles. The third kappa shape index (κ3) is 5.15. The highest BCUT2D eigenvalue weighted by Gasteiger charge is 2.19. The topological polar surface area (TPSA) is 72.6 Å². The number of fused-ring (bicyclic) bond motifs is 1. The average Bonchev–Trinajstić information content (AvgIpc) is 3.22. The number of methoxy groups -OCH3 is 3. The summed E-state index contributed by atoms with van der Waals surface area (Å²) in [5, 5.41) is 4.03. The maximum absolute atomic E-state index is 13.2. The van der Waals surface area contributed by atoms with E-state index < -0.39 is 0 Å². The molecule has 7 heteroatoms. The minimum atomic E-state index is -0.148. The summed E-state index contributed by atoms with van der Waals surface area (Å²) >= 11 is 1.58. The van der Waals surface area contributed by atoms with E-state index in [-0.39, 0.29) is 5.91 Å². The Bertz CT molecular complexity index is 1300. The minimum absolute atomic E-state index is 0.148. The van der Waals surface area contributed by atoms with Crippen LogP contribution >= 0.6 is 11.8 Å². The number of hydrogen-bond acceptors (Lipinski definition) is 5. The number of hydrogen-bond donors (Lipinski definition) is 2. The lowest BCUT2D eigenvalue weighted by atomic mass is 10.1. The van der Waals surface area contributed by atoms with Gasteiger partial charge in [-0.2, -0.15) is 0 Å². The Morgan fingerprint density at radius 3 is 2.38 bits per heavy atom. The molecule has 1 aromatic heterocycles. The number of aromatic nitrogens is 1. The molecule has 4 aromatic rings. The number of amides is 1. The fraction of sp³-hybridized carbons (Fsp3) is 0.222. The van der Waals surface area contributed by atoms with E-state index >= 15 is 0 Å². The molecular formula is C27H28N2O4S. The number of H-pyrrole nitrogens is 1. The molecule has 0 bridgehead atoms. The average molecular weight is 477 g/mol. The number of carbonyl (C=O) groups is 1. The molecule has 2 N–H and O–H groups in total. The van der Waals surface area contributed by atoms with Crippen molar-refractivity contribution in [3.63, 3.8) is 0 Å². The molecule has 0 saturated carbocycles. The fourth-order valence-electron chi connectivity index (χ4n) is 3.71. The van der Waals surface area contributed by atoms with Crippen LogP contribution < -0.4 is 19.5 Å². The standard InChI is InChI=1S/C27H28N2O4S/c1-17-5-9-20(10-6-17)34-26-21-11-8-19(31-2)16-22(21)29-25(26)27(30)28-14-13-18-7-12-23(32-3)24(15-18)33-4/h5-12,15-16,29H,13-14H2,1-4H3,(H,28,30). The van der Waals surface area contributed by atoms with Crippen molar-refractivity contribution in [3.8, 4) is 17.2 Å². The van der Waals surface area contributed by atoms with Gasteiger partial charge in [0.1, 0.15) is 11.4 Å². The van der Waals surface area contributed by atoms with Crippen molar-refractivity contribution >= 4 is 28.6 Å². The van der Waals surface area contributed by atoms with Gasteiger partial charge in [0.15, 0.2) is 11.5 Å². The van der Waals surface area contributed by atoms with Crippen molar-refractivity contribution in [1.82, 2.24) is 10.3 Å². The van der Waals surface area contributed by atoms with Crippen LogP contribution in [0.25, 0.3) is 10.9 Å². The molecule has 1 amide bonds. The SMILES string of the molecule is COc1ccc2c(Sc3ccc(C)cc3)c(C(=O)NCCc3ccc(OC)c(OC)c3)[nH]c2c1. The van der Waals surface area contributed by atoms with Gasteiger partial charge in [-0.25, -0.2) is 0 Å². The Hall–Kier alpha value is -3.58. The number of rotatable bonds is 9. The maximum atomic E-state index is 13.2. The van der Waals surface area contributed by atoms with Crippen LogP contribution in [0, 0.1) is 6.92 Å². The van der Waals surface area contributed by atoms with E-state index in [1.807, 2.05) is 36.4 Å². The third-order valence-electron chi connectivity index (χ3n) is 5.57. The van der Waals surface area contributed by atoms with Crippen molar-refractivity contribution < 1.29 is 19.0 Å². The van der Waals surface area contributed by atoms with Crippen molar-refractivity contribution in [3.05, 3.63) is 77.5 Å². The van der Waals surface area contributed by atoms with Gasteiger partial charge in [0.05, 0.1) is 31.7 Å². The van der Waals surface area contributed by atoms with Gasteiger partial charge in [0.2, 0.25) is 0 Å². The largest absolute Gasteiger partial charge is 0.497 e. The van der Waals surface area contributed by atoms with E-state index in [0.29, 0.717) is 30.2 Å². The Kier molecular flexibility index (Phi) is 7.33. The second-order valence-electron chi connectivity index (χ2n) is 7.85.